The molecule has 0 spiro atoms. The summed E-state index contributed by atoms with van der Waals surface area (Å²) in [7, 11) is 0. The average molecular weight is 243 g/mol. The van der Waals surface area contributed by atoms with Crippen LogP contribution in [0.5, 0.6) is 11.5 Å². The maximum atomic E-state index is 11.2. The molecular weight excluding hydrogens is 230 g/mol. The van der Waals surface area contributed by atoms with Crippen molar-refractivity contribution in [1.82, 2.24) is 4.98 Å². The van der Waals surface area contributed by atoms with Crippen LogP contribution in [0, 0.1) is 6.92 Å². The highest BCUT2D eigenvalue weighted by atomic mass is 16.5. The van der Waals surface area contributed by atoms with Crippen molar-refractivity contribution in [1.29, 1.82) is 0 Å². The Bertz CT molecular complexity index is 597. The Labute approximate surface area is 104 Å². The van der Waals surface area contributed by atoms with Crippen molar-refractivity contribution < 1.29 is 9.53 Å². The molecule has 1 aromatic carbocycles. The van der Waals surface area contributed by atoms with Crippen molar-refractivity contribution in [2.45, 2.75) is 6.92 Å². The minimum Gasteiger partial charge on any atom is -0.455 e. The van der Waals surface area contributed by atoms with Crippen LogP contribution in [-0.4, -0.2) is 10.9 Å². The van der Waals surface area contributed by atoms with Gasteiger partial charge in [-0.3, -0.25) is 9.78 Å². The van der Waals surface area contributed by atoms with Gasteiger partial charge in [0.1, 0.15) is 11.5 Å². The van der Waals surface area contributed by atoms with E-state index in [0.29, 0.717) is 17.2 Å². The standard InChI is InChI=1S/C13H13N3O2/c1-8-12(3-2-6-16-8)18-9-4-5-11(14)10(7-9)13(15)17/h2-7H,14H2,1H3,(H2,15,17). The van der Waals surface area contributed by atoms with Gasteiger partial charge in [-0.15, -0.1) is 0 Å². The van der Waals surface area contributed by atoms with Crippen molar-refractivity contribution in [2.75, 3.05) is 5.73 Å². The number of carbonyl (C=O) groups is 1. The van der Waals surface area contributed by atoms with Crippen LogP contribution in [0.1, 0.15) is 16.1 Å². The van der Waals surface area contributed by atoms with Crippen LogP contribution in [0.15, 0.2) is 36.5 Å². The lowest BCUT2D eigenvalue weighted by Gasteiger charge is -2.09. The molecule has 2 rings (SSSR count). The first kappa shape index (κ1) is 11.9. The van der Waals surface area contributed by atoms with Gasteiger partial charge in [0.05, 0.1) is 11.3 Å². The lowest BCUT2D eigenvalue weighted by molar-refractivity contribution is 0.100. The molecule has 4 N–H and O–H groups in total. The number of ether oxygens (including phenoxy) is 1. The first-order valence-corrected chi connectivity index (χ1v) is 5.36. The van der Waals surface area contributed by atoms with Gasteiger partial charge < -0.3 is 16.2 Å². The summed E-state index contributed by atoms with van der Waals surface area (Å²) in [6, 6.07) is 8.34. The first-order valence-electron chi connectivity index (χ1n) is 5.36. The largest absolute Gasteiger partial charge is 0.455 e. The van der Waals surface area contributed by atoms with Gasteiger partial charge in [0.25, 0.3) is 5.91 Å². The Balaban J connectivity index is 2.33. The van der Waals surface area contributed by atoms with Crippen molar-refractivity contribution in [3.8, 4) is 11.5 Å². The number of nitrogens with two attached hydrogens (primary N) is 2. The van der Waals surface area contributed by atoms with E-state index in [9.17, 15) is 4.79 Å². The average Bonchev–Trinajstić information content (AvgIpc) is 2.34. The summed E-state index contributed by atoms with van der Waals surface area (Å²) in [5.74, 6) is 0.535. The van der Waals surface area contributed by atoms with E-state index in [1.54, 1.807) is 30.5 Å². The molecule has 92 valence electrons. The van der Waals surface area contributed by atoms with Gasteiger partial charge >= 0.3 is 0 Å². The maximum Gasteiger partial charge on any atom is 0.250 e. The molecule has 0 fully saturated rings. The number of nitrogens with zero attached hydrogens (tertiary/aromatic N) is 1. The van der Waals surface area contributed by atoms with Gasteiger partial charge in [0, 0.05) is 11.9 Å². The molecule has 18 heavy (non-hydrogen) atoms. The molecule has 0 unspecified atom stereocenters. The fourth-order valence-electron chi connectivity index (χ4n) is 1.52. The van der Waals surface area contributed by atoms with Crippen LogP contribution >= 0.6 is 0 Å². The number of pyridine rings is 1. The summed E-state index contributed by atoms with van der Waals surface area (Å²) >= 11 is 0. The van der Waals surface area contributed by atoms with Crippen LogP contribution in [-0.2, 0) is 0 Å². The third kappa shape index (κ3) is 2.40. The number of hydrogen-bond donors (Lipinski definition) is 2. The fourth-order valence-corrected chi connectivity index (χ4v) is 1.52. The van der Waals surface area contributed by atoms with E-state index < -0.39 is 5.91 Å². The van der Waals surface area contributed by atoms with E-state index in [1.807, 2.05) is 6.92 Å². The van der Waals surface area contributed by atoms with E-state index in [0.717, 1.165) is 5.69 Å². The van der Waals surface area contributed by atoms with E-state index in [4.69, 9.17) is 16.2 Å². The second-order valence-electron chi connectivity index (χ2n) is 3.80. The number of rotatable bonds is 3. The Morgan fingerprint density at radius 3 is 2.78 bits per heavy atom. The predicted octanol–water partition coefficient (Wildman–Crippen LogP) is 1.86. The highest BCUT2D eigenvalue weighted by Gasteiger charge is 2.08. The summed E-state index contributed by atoms with van der Waals surface area (Å²) in [6.07, 6.45) is 1.68. The van der Waals surface area contributed by atoms with E-state index in [-0.39, 0.29) is 5.56 Å². The number of carbonyl (C=O) groups excluding carboxylic acids is 1. The maximum absolute atomic E-state index is 11.2. The van der Waals surface area contributed by atoms with Crippen LogP contribution < -0.4 is 16.2 Å². The molecule has 2 aromatic rings. The Morgan fingerprint density at radius 2 is 2.11 bits per heavy atom. The van der Waals surface area contributed by atoms with Crippen LogP contribution in [0.3, 0.4) is 0 Å². The first-order chi connectivity index (χ1) is 8.58. The molecule has 0 saturated heterocycles. The van der Waals surface area contributed by atoms with Crippen molar-refractivity contribution >= 4 is 11.6 Å². The molecule has 0 atom stereocenters. The molecule has 1 amide bonds. The number of primary amides is 1. The summed E-state index contributed by atoms with van der Waals surface area (Å²) < 4.78 is 5.63. The molecule has 1 aromatic heterocycles. The smallest absolute Gasteiger partial charge is 0.250 e. The minimum atomic E-state index is -0.583. The summed E-state index contributed by atoms with van der Waals surface area (Å²) in [6.45, 7) is 1.83. The molecule has 5 nitrogen and oxygen atoms in total. The van der Waals surface area contributed by atoms with Crippen LogP contribution in [0.2, 0.25) is 0 Å². The van der Waals surface area contributed by atoms with Gasteiger partial charge in [-0.25, -0.2) is 0 Å². The number of hydrogen-bond acceptors (Lipinski definition) is 4. The Morgan fingerprint density at radius 1 is 1.33 bits per heavy atom. The van der Waals surface area contributed by atoms with Crippen molar-refractivity contribution in [2.24, 2.45) is 5.73 Å². The van der Waals surface area contributed by atoms with Crippen molar-refractivity contribution in [3.05, 3.63) is 47.8 Å². The number of anilines is 1. The number of nitrogen functional groups attached to an aromatic ring is 1. The quantitative estimate of drug-likeness (QED) is 0.805. The second kappa shape index (κ2) is 4.75. The molecule has 1 heterocycles. The third-order valence-corrected chi connectivity index (χ3v) is 2.48. The second-order valence-corrected chi connectivity index (χ2v) is 3.80. The molecule has 5 heteroatoms. The van der Waals surface area contributed by atoms with E-state index in [2.05, 4.69) is 4.98 Å². The number of aromatic nitrogens is 1. The number of benzene rings is 1. The monoisotopic (exact) mass is 243 g/mol. The number of aryl methyl sites for hydroxylation is 1. The normalized spacial score (nSPS) is 10.1. The van der Waals surface area contributed by atoms with E-state index >= 15 is 0 Å². The molecule has 0 radical (unpaired) electrons. The molecule has 0 bridgehead atoms. The van der Waals surface area contributed by atoms with Gasteiger partial charge in [0.2, 0.25) is 0 Å². The van der Waals surface area contributed by atoms with Crippen LogP contribution in [0.25, 0.3) is 0 Å². The van der Waals surface area contributed by atoms with Gasteiger partial charge in [-0.05, 0) is 37.3 Å². The van der Waals surface area contributed by atoms with E-state index in [1.165, 1.54) is 6.07 Å². The summed E-state index contributed by atoms with van der Waals surface area (Å²) in [4.78, 5) is 15.3. The number of amides is 1. The highest BCUT2D eigenvalue weighted by molar-refractivity contribution is 5.98. The lowest BCUT2D eigenvalue weighted by atomic mass is 10.1. The fraction of sp³-hybridized carbons (Fsp3) is 0.0769. The molecule has 0 aliphatic heterocycles. The van der Waals surface area contributed by atoms with Crippen LogP contribution in [0.4, 0.5) is 5.69 Å². The zero-order chi connectivity index (χ0) is 13.1. The Hall–Kier alpha value is -2.56. The lowest BCUT2D eigenvalue weighted by Crippen LogP contribution is -2.13. The van der Waals surface area contributed by atoms with Gasteiger partial charge in [0.15, 0.2) is 0 Å². The predicted molar refractivity (Wildman–Crippen MR) is 68.4 cm³/mol. The summed E-state index contributed by atoms with van der Waals surface area (Å²) in [5, 5.41) is 0. The topological polar surface area (TPSA) is 91.2 Å². The zero-order valence-corrected chi connectivity index (χ0v) is 9.88. The van der Waals surface area contributed by atoms with Crippen molar-refractivity contribution in [3.63, 3.8) is 0 Å². The summed E-state index contributed by atoms with van der Waals surface area (Å²) in [5.41, 5.74) is 12.2. The molecular formula is C13H13N3O2. The molecule has 0 saturated carbocycles. The minimum absolute atomic E-state index is 0.244. The highest BCUT2D eigenvalue weighted by Crippen LogP contribution is 2.26. The van der Waals surface area contributed by atoms with Gasteiger partial charge in [-0.2, -0.15) is 0 Å². The third-order valence-electron chi connectivity index (χ3n) is 2.48. The Kier molecular flexibility index (Phi) is 3.14. The van der Waals surface area contributed by atoms with Gasteiger partial charge in [-0.1, -0.05) is 0 Å². The SMILES string of the molecule is Cc1ncccc1Oc1ccc(N)c(C(N)=O)c1. The molecule has 0 aliphatic carbocycles. The zero-order valence-electron chi connectivity index (χ0n) is 9.88. The molecule has 0 aliphatic rings.